The molecule has 1 saturated carbocycles. The summed E-state index contributed by atoms with van der Waals surface area (Å²) in [5.41, 5.74) is 5.82. The third kappa shape index (κ3) is 8.15. The summed E-state index contributed by atoms with van der Waals surface area (Å²) in [6.45, 7) is 8.00. The van der Waals surface area contributed by atoms with Crippen LogP contribution in [0.2, 0.25) is 0 Å². The highest BCUT2D eigenvalue weighted by Gasteiger charge is 2.13. The van der Waals surface area contributed by atoms with Crippen LogP contribution in [0.3, 0.4) is 0 Å². The summed E-state index contributed by atoms with van der Waals surface area (Å²) in [7, 11) is 0. The lowest BCUT2D eigenvalue weighted by atomic mass is 10.2. The molecule has 2 nitrogen and oxygen atoms in total. The van der Waals surface area contributed by atoms with Crippen molar-refractivity contribution < 1.29 is 4.79 Å². The van der Waals surface area contributed by atoms with E-state index in [-0.39, 0.29) is 5.91 Å². The first-order chi connectivity index (χ1) is 10.3. The topological polar surface area (TPSA) is 43.1 Å². The van der Waals surface area contributed by atoms with Crippen LogP contribution in [-0.2, 0) is 0 Å². The Balaban J connectivity index is 0.000000921. The molecule has 0 unspecified atom stereocenters. The minimum atomic E-state index is -0.351. The van der Waals surface area contributed by atoms with Crippen molar-refractivity contribution in [2.75, 3.05) is 0 Å². The minimum Gasteiger partial charge on any atom is -0.366 e. The van der Waals surface area contributed by atoms with E-state index < -0.39 is 0 Å². The van der Waals surface area contributed by atoms with Gasteiger partial charge in [-0.25, -0.2) is 0 Å². The molecule has 0 spiro atoms. The van der Waals surface area contributed by atoms with Crippen LogP contribution < -0.4 is 5.73 Å². The molecule has 2 N–H and O–H groups in total. The third-order valence-electron chi connectivity index (χ3n) is 3.24. The Bertz CT molecular complexity index is 367. The van der Waals surface area contributed by atoms with Crippen LogP contribution in [0.15, 0.2) is 29.2 Å². The quantitative estimate of drug-likeness (QED) is 0.733. The lowest BCUT2D eigenvalue weighted by Gasteiger charge is -2.13. The number of carbonyl (C=O) groups excluding carboxylic acids is 1. The van der Waals surface area contributed by atoms with Gasteiger partial charge in [0, 0.05) is 15.7 Å². The Hall–Kier alpha value is -0.960. The van der Waals surface area contributed by atoms with Crippen LogP contribution in [0.4, 0.5) is 0 Å². The highest BCUT2D eigenvalue weighted by atomic mass is 32.2. The lowest BCUT2D eigenvalue weighted by Crippen LogP contribution is -2.10. The van der Waals surface area contributed by atoms with E-state index in [9.17, 15) is 4.79 Å². The van der Waals surface area contributed by atoms with Crippen molar-refractivity contribution in [1.29, 1.82) is 0 Å². The molecule has 2 rings (SSSR count). The van der Waals surface area contributed by atoms with Crippen LogP contribution in [0.25, 0.3) is 0 Å². The van der Waals surface area contributed by atoms with Crippen molar-refractivity contribution in [3.8, 4) is 0 Å². The summed E-state index contributed by atoms with van der Waals surface area (Å²) in [6.07, 6.45) is 8.13. The molecule has 0 aromatic heterocycles. The number of rotatable bonds is 3. The molecule has 120 valence electrons. The maximum atomic E-state index is 11.0. The summed E-state index contributed by atoms with van der Waals surface area (Å²) in [6, 6.07) is 7.66. The summed E-state index contributed by atoms with van der Waals surface area (Å²) >= 11 is 1.95. The molecule has 0 atom stereocenters. The molecular weight excluding hydrogens is 278 g/mol. The number of carbonyl (C=O) groups is 1. The second-order valence-corrected chi connectivity index (χ2v) is 5.99. The lowest BCUT2D eigenvalue weighted by molar-refractivity contribution is 0.1000. The Kier molecular flexibility index (Phi) is 12.2. The van der Waals surface area contributed by atoms with Gasteiger partial charge in [0.25, 0.3) is 0 Å². The van der Waals surface area contributed by atoms with Gasteiger partial charge in [0.2, 0.25) is 5.91 Å². The van der Waals surface area contributed by atoms with Gasteiger partial charge in [0.1, 0.15) is 0 Å². The van der Waals surface area contributed by atoms with Gasteiger partial charge in [0.15, 0.2) is 0 Å². The van der Waals surface area contributed by atoms with Crippen molar-refractivity contribution in [3.63, 3.8) is 0 Å². The monoisotopic (exact) mass is 309 g/mol. The van der Waals surface area contributed by atoms with Gasteiger partial charge < -0.3 is 5.73 Å². The molecule has 1 aromatic rings. The number of amides is 1. The Morgan fingerprint density at radius 1 is 0.952 bits per heavy atom. The first kappa shape index (κ1) is 20.0. The highest BCUT2D eigenvalue weighted by Crippen LogP contribution is 2.32. The number of thioether (sulfide) groups is 1. The van der Waals surface area contributed by atoms with E-state index in [1.165, 1.54) is 43.4 Å². The zero-order chi connectivity index (χ0) is 16.1. The molecule has 1 fully saturated rings. The van der Waals surface area contributed by atoms with Gasteiger partial charge in [-0.1, -0.05) is 53.4 Å². The molecular formula is C18H31NOS. The molecule has 1 aliphatic carbocycles. The molecule has 0 aliphatic heterocycles. The highest BCUT2D eigenvalue weighted by molar-refractivity contribution is 8.00. The number of hydrogen-bond acceptors (Lipinski definition) is 2. The van der Waals surface area contributed by atoms with Crippen LogP contribution in [-0.4, -0.2) is 11.2 Å². The zero-order valence-electron chi connectivity index (χ0n) is 14.0. The van der Waals surface area contributed by atoms with Crippen LogP contribution in [0.1, 0.15) is 76.6 Å². The number of nitrogens with two attached hydrogens (primary N) is 1. The van der Waals surface area contributed by atoms with Gasteiger partial charge in [-0.15, -0.1) is 11.8 Å². The zero-order valence-corrected chi connectivity index (χ0v) is 14.8. The molecule has 1 amide bonds. The van der Waals surface area contributed by atoms with Crippen molar-refractivity contribution in [1.82, 2.24) is 0 Å². The number of benzene rings is 1. The maximum Gasteiger partial charge on any atom is 0.248 e. The van der Waals surface area contributed by atoms with Crippen molar-refractivity contribution >= 4 is 17.7 Å². The van der Waals surface area contributed by atoms with Crippen molar-refractivity contribution in [2.24, 2.45) is 5.73 Å². The van der Waals surface area contributed by atoms with Crippen LogP contribution >= 0.6 is 11.8 Å². The smallest absolute Gasteiger partial charge is 0.248 e. The van der Waals surface area contributed by atoms with Gasteiger partial charge in [-0.3, -0.25) is 4.79 Å². The van der Waals surface area contributed by atoms with Crippen LogP contribution in [0.5, 0.6) is 0 Å². The largest absolute Gasteiger partial charge is 0.366 e. The molecule has 1 aliphatic rings. The summed E-state index contributed by atoms with van der Waals surface area (Å²) in [5, 5.41) is 0.747. The van der Waals surface area contributed by atoms with E-state index in [4.69, 9.17) is 5.73 Å². The number of hydrogen-bond donors (Lipinski definition) is 1. The summed E-state index contributed by atoms with van der Waals surface area (Å²) < 4.78 is 0. The average Bonchev–Trinajstić information content (AvgIpc) is 2.80. The van der Waals surface area contributed by atoms with Crippen molar-refractivity contribution in [2.45, 2.75) is 76.4 Å². The maximum absolute atomic E-state index is 11.0. The van der Waals surface area contributed by atoms with E-state index in [1.54, 1.807) is 0 Å². The van der Waals surface area contributed by atoms with Crippen molar-refractivity contribution in [3.05, 3.63) is 29.8 Å². The SMILES string of the molecule is CC.CC.NC(=O)c1ccc(SC2CCCCCC2)cc1. The van der Waals surface area contributed by atoms with Gasteiger partial charge in [-0.05, 0) is 37.1 Å². The molecule has 0 bridgehead atoms. The fraction of sp³-hybridized carbons (Fsp3) is 0.611. The van der Waals surface area contributed by atoms with E-state index in [1.807, 2.05) is 63.7 Å². The normalized spacial score (nSPS) is 14.9. The van der Waals surface area contributed by atoms with Gasteiger partial charge in [-0.2, -0.15) is 0 Å². The van der Waals surface area contributed by atoms with E-state index in [2.05, 4.69) is 0 Å². The Morgan fingerprint density at radius 2 is 1.43 bits per heavy atom. The molecule has 0 radical (unpaired) electrons. The summed E-state index contributed by atoms with van der Waals surface area (Å²) in [4.78, 5) is 12.2. The van der Waals surface area contributed by atoms with Gasteiger partial charge >= 0.3 is 0 Å². The number of primary amides is 1. The first-order valence-corrected chi connectivity index (χ1v) is 9.20. The van der Waals surface area contributed by atoms with E-state index in [0.717, 1.165) is 5.25 Å². The van der Waals surface area contributed by atoms with E-state index >= 15 is 0 Å². The first-order valence-electron chi connectivity index (χ1n) is 8.32. The van der Waals surface area contributed by atoms with Gasteiger partial charge in [0.05, 0.1) is 0 Å². The Morgan fingerprint density at radius 3 is 1.86 bits per heavy atom. The molecule has 0 heterocycles. The van der Waals surface area contributed by atoms with E-state index in [0.29, 0.717) is 5.56 Å². The average molecular weight is 310 g/mol. The molecule has 1 aromatic carbocycles. The molecule has 0 saturated heterocycles. The predicted octanol–water partition coefficient (Wildman–Crippen LogP) is 5.65. The second-order valence-electron chi connectivity index (χ2n) is 4.62. The standard InChI is InChI=1S/C14H19NOS.2C2H6/c15-14(16)11-7-9-13(10-8-11)17-12-5-3-1-2-4-6-12;2*1-2/h7-10,12H,1-6H2,(H2,15,16);2*1-2H3. The minimum absolute atomic E-state index is 0.351. The Labute approximate surface area is 134 Å². The predicted molar refractivity (Wildman–Crippen MR) is 95.0 cm³/mol. The van der Waals surface area contributed by atoms with Crippen LogP contribution in [0, 0.1) is 0 Å². The fourth-order valence-corrected chi connectivity index (χ4v) is 3.50. The second kappa shape index (κ2) is 12.8. The summed E-state index contributed by atoms with van der Waals surface area (Å²) in [5.74, 6) is -0.351. The molecule has 21 heavy (non-hydrogen) atoms. The molecule has 3 heteroatoms. The third-order valence-corrected chi connectivity index (χ3v) is 4.59. The fourth-order valence-electron chi connectivity index (χ4n) is 2.25.